The first kappa shape index (κ1) is 47.7. The molecule has 0 fully saturated rings. The van der Waals surface area contributed by atoms with Crippen LogP contribution < -0.4 is 4.74 Å². The monoisotopic (exact) mass is 824 g/mol. The van der Waals surface area contributed by atoms with Crippen molar-refractivity contribution in [3.8, 4) is 11.5 Å². The van der Waals surface area contributed by atoms with Crippen molar-refractivity contribution in [2.75, 3.05) is 13.5 Å². The number of phenols is 1. The van der Waals surface area contributed by atoms with Gasteiger partial charge in [-0.05, 0) is 76.9 Å². The topological polar surface area (TPSA) is 281 Å². The van der Waals surface area contributed by atoms with E-state index in [9.17, 15) is 55.2 Å². The largest absolute Gasteiger partial charge is 0.508 e. The van der Waals surface area contributed by atoms with Crippen LogP contribution in [0.5, 0.6) is 11.5 Å². The van der Waals surface area contributed by atoms with Gasteiger partial charge in [0.05, 0.1) is 32.8 Å². The molecule has 4 rings (SSSR count). The van der Waals surface area contributed by atoms with Crippen molar-refractivity contribution in [3.05, 3.63) is 149 Å². The maximum Gasteiger partial charge on any atom is 0.413 e. The van der Waals surface area contributed by atoms with Gasteiger partial charge in [0.1, 0.15) is 29.4 Å². The van der Waals surface area contributed by atoms with E-state index in [2.05, 4.69) is 0 Å². The number of carbonyl (C=O) groups excluding carboxylic acids is 2. The Balaban J connectivity index is 0.000000343. The number of hydrogen-bond donors (Lipinski definition) is 2. The molecule has 0 unspecified atom stereocenters. The molecule has 0 atom stereocenters. The highest BCUT2D eigenvalue weighted by Gasteiger charge is 2.24. The van der Waals surface area contributed by atoms with Crippen molar-refractivity contribution >= 4 is 34.9 Å². The van der Waals surface area contributed by atoms with Crippen molar-refractivity contribution in [2.45, 2.75) is 65.8 Å². The molecule has 21 nitrogen and oxygen atoms in total. The highest BCUT2D eigenvalue weighted by Crippen LogP contribution is 2.21. The van der Waals surface area contributed by atoms with Crippen LogP contribution >= 0.6 is 0 Å². The normalized spacial score (nSPS) is 10.6. The molecule has 4 aromatic carbocycles. The Hall–Kier alpha value is -7.42. The molecule has 0 bridgehead atoms. The number of aliphatic hydroxyl groups is 1. The minimum atomic E-state index is -0.724. The first-order valence-corrected chi connectivity index (χ1v) is 17.3. The van der Waals surface area contributed by atoms with Gasteiger partial charge in [-0.25, -0.2) is 9.59 Å². The van der Waals surface area contributed by atoms with Gasteiger partial charge in [-0.2, -0.15) is 0 Å². The summed E-state index contributed by atoms with van der Waals surface area (Å²) in [7, 11) is 0. The van der Waals surface area contributed by atoms with Gasteiger partial charge in [-0.15, -0.1) is 0 Å². The molecule has 0 aliphatic rings. The fraction of sp³-hybridized carbons (Fsp3) is 0.316. The number of nitro benzene ring substituents is 4. The maximum absolute atomic E-state index is 12.5. The Morgan fingerprint density at radius 3 is 1.17 bits per heavy atom. The van der Waals surface area contributed by atoms with E-state index >= 15 is 0 Å². The predicted molar refractivity (Wildman–Crippen MR) is 210 cm³/mol. The number of benzene rings is 4. The SMILES string of the molecule is CC(C)(C)OC(=O)N(CO)Cc1ccc([N+](=O)[O-])cc1.CC(C)(C)OC(=O)N(COc1ccc([N+](=O)[O-])cc1)Cc1ccc([N+](=O)[O-])cc1.O=[N+]([O-])c1ccc(O)cc1. The van der Waals surface area contributed by atoms with Crippen LogP contribution in [0.3, 0.4) is 0 Å². The molecule has 0 saturated carbocycles. The summed E-state index contributed by atoms with van der Waals surface area (Å²) in [4.78, 5) is 66.8. The lowest BCUT2D eigenvalue weighted by molar-refractivity contribution is -0.385. The van der Waals surface area contributed by atoms with E-state index in [4.69, 9.17) is 19.3 Å². The summed E-state index contributed by atoms with van der Waals surface area (Å²) in [6.07, 6.45) is -1.27. The van der Waals surface area contributed by atoms with Crippen LogP contribution in [0, 0.1) is 40.5 Å². The van der Waals surface area contributed by atoms with Gasteiger partial charge in [0, 0.05) is 48.5 Å². The van der Waals surface area contributed by atoms with Gasteiger partial charge in [-0.1, -0.05) is 24.3 Å². The number of phenolic OH excluding ortho intramolecular Hbond substituents is 1. The van der Waals surface area contributed by atoms with Crippen molar-refractivity contribution in [1.82, 2.24) is 9.80 Å². The predicted octanol–water partition coefficient (Wildman–Crippen LogP) is 7.86. The van der Waals surface area contributed by atoms with Crippen LogP contribution in [0.15, 0.2) is 97.1 Å². The van der Waals surface area contributed by atoms with Crippen LogP contribution in [0.25, 0.3) is 0 Å². The Morgan fingerprint density at radius 2 is 0.847 bits per heavy atom. The molecule has 21 heteroatoms. The third kappa shape index (κ3) is 17.9. The number of ether oxygens (including phenoxy) is 3. The number of non-ortho nitro benzene ring substituents is 4. The van der Waals surface area contributed by atoms with E-state index in [0.29, 0.717) is 16.9 Å². The van der Waals surface area contributed by atoms with Crippen LogP contribution in [0.4, 0.5) is 32.3 Å². The van der Waals surface area contributed by atoms with Gasteiger partial charge >= 0.3 is 12.2 Å². The zero-order valence-electron chi connectivity index (χ0n) is 33.0. The van der Waals surface area contributed by atoms with E-state index in [0.717, 1.165) is 4.90 Å². The van der Waals surface area contributed by atoms with Crippen LogP contribution in [0.1, 0.15) is 52.7 Å². The highest BCUT2D eigenvalue weighted by atomic mass is 16.6. The maximum atomic E-state index is 12.5. The number of nitro groups is 4. The molecule has 4 aromatic rings. The summed E-state index contributed by atoms with van der Waals surface area (Å²) < 4.78 is 16.1. The first-order chi connectivity index (χ1) is 27.5. The van der Waals surface area contributed by atoms with E-state index in [-0.39, 0.29) is 48.3 Å². The van der Waals surface area contributed by atoms with Crippen molar-refractivity contribution < 1.29 is 53.7 Å². The van der Waals surface area contributed by atoms with Gasteiger partial charge in [-0.3, -0.25) is 50.3 Å². The second-order valence-electron chi connectivity index (χ2n) is 14.1. The number of nitrogens with zero attached hydrogens (tertiary/aromatic N) is 6. The third-order valence-corrected chi connectivity index (χ3v) is 7.01. The average Bonchev–Trinajstić information content (AvgIpc) is 3.15. The molecule has 0 aromatic heterocycles. The third-order valence-electron chi connectivity index (χ3n) is 7.01. The molecular formula is C38H44N6O15. The average molecular weight is 825 g/mol. The molecule has 0 radical (unpaired) electrons. The lowest BCUT2D eigenvalue weighted by Gasteiger charge is -2.27. The van der Waals surface area contributed by atoms with Crippen molar-refractivity contribution in [3.63, 3.8) is 0 Å². The second-order valence-corrected chi connectivity index (χ2v) is 14.1. The Morgan fingerprint density at radius 1 is 0.542 bits per heavy atom. The number of hydrogen-bond acceptors (Lipinski definition) is 15. The molecule has 2 amide bonds. The van der Waals surface area contributed by atoms with Crippen molar-refractivity contribution in [1.29, 1.82) is 0 Å². The van der Waals surface area contributed by atoms with Crippen LogP contribution in [0.2, 0.25) is 0 Å². The van der Waals surface area contributed by atoms with Gasteiger partial charge in [0.15, 0.2) is 6.73 Å². The van der Waals surface area contributed by atoms with E-state index < -0.39 is 49.8 Å². The minimum Gasteiger partial charge on any atom is -0.508 e. The van der Waals surface area contributed by atoms with Crippen LogP contribution in [-0.4, -0.2) is 76.6 Å². The summed E-state index contributed by atoms with van der Waals surface area (Å²) in [5.74, 6) is 0.374. The van der Waals surface area contributed by atoms with Crippen molar-refractivity contribution in [2.24, 2.45) is 0 Å². The molecule has 0 aliphatic carbocycles. The molecule has 59 heavy (non-hydrogen) atoms. The van der Waals surface area contributed by atoms with Gasteiger partial charge < -0.3 is 24.4 Å². The highest BCUT2D eigenvalue weighted by molar-refractivity contribution is 5.68. The van der Waals surface area contributed by atoms with E-state index in [1.807, 2.05) is 0 Å². The second kappa shape index (κ2) is 21.8. The molecule has 0 saturated heterocycles. The van der Waals surface area contributed by atoms with E-state index in [1.54, 1.807) is 53.7 Å². The quantitative estimate of drug-likeness (QED) is 0.0781. The molecular weight excluding hydrogens is 780 g/mol. The lowest BCUT2D eigenvalue weighted by Crippen LogP contribution is -2.38. The Kier molecular flexibility index (Phi) is 17.6. The van der Waals surface area contributed by atoms with Crippen LogP contribution in [-0.2, 0) is 22.6 Å². The summed E-state index contributed by atoms with van der Waals surface area (Å²) >= 11 is 0. The summed E-state index contributed by atoms with van der Waals surface area (Å²) in [6, 6.07) is 22.0. The Labute approximate surface area is 337 Å². The zero-order valence-corrected chi connectivity index (χ0v) is 33.0. The number of carbonyl (C=O) groups is 2. The summed E-state index contributed by atoms with van der Waals surface area (Å²) in [6.45, 7) is 9.91. The summed E-state index contributed by atoms with van der Waals surface area (Å²) in [5.41, 5.74) is -0.242. The number of amides is 2. The number of aromatic hydroxyl groups is 1. The molecule has 0 aliphatic heterocycles. The standard InChI is InChI=1S/C19H21N3O7.C13H18N2O5.C6H5NO3/c1-19(2,3)29-18(23)20(12-14-4-6-15(7-5-14)21(24)25)13-28-17-10-8-16(9-11-17)22(26)27;1-13(2,3)20-12(17)14(9-16)8-10-4-6-11(7-5-10)15(18)19;8-6-3-1-5(2-4-6)7(9)10/h4-11H,12-13H2,1-3H3;4-7,16H,8-9H2,1-3H3;1-4,8H. The fourth-order valence-corrected chi connectivity index (χ4v) is 4.27. The molecule has 2 N–H and O–H groups in total. The first-order valence-electron chi connectivity index (χ1n) is 17.3. The zero-order chi connectivity index (χ0) is 44.5. The minimum absolute atomic E-state index is 0.0159. The number of rotatable bonds is 12. The van der Waals surface area contributed by atoms with E-state index in [1.165, 1.54) is 89.8 Å². The van der Waals surface area contributed by atoms with Gasteiger partial charge in [0.2, 0.25) is 0 Å². The van der Waals surface area contributed by atoms with Gasteiger partial charge in [0.25, 0.3) is 22.7 Å². The lowest BCUT2D eigenvalue weighted by atomic mass is 10.2. The smallest absolute Gasteiger partial charge is 0.413 e. The summed E-state index contributed by atoms with van der Waals surface area (Å²) in [5, 5.41) is 60.0. The number of aliphatic hydroxyl groups excluding tert-OH is 1. The molecule has 0 spiro atoms. The molecule has 0 heterocycles. The molecule has 316 valence electrons. The Bertz CT molecular complexity index is 2030. The fourth-order valence-electron chi connectivity index (χ4n) is 4.27.